The van der Waals surface area contributed by atoms with E-state index in [1.54, 1.807) is 20.8 Å². The molecule has 0 aliphatic rings. The highest BCUT2D eigenvalue weighted by atomic mass is 32.1. The van der Waals surface area contributed by atoms with E-state index in [2.05, 4.69) is 12.2 Å². The molecule has 7 heteroatoms. The second-order valence-electron chi connectivity index (χ2n) is 5.91. The first-order valence-corrected chi connectivity index (χ1v) is 10.0. The minimum absolute atomic E-state index is 0.163. The van der Waals surface area contributed by atoms with E-state index in [0.717, 1.165) is 37.0 Å². The van der Waals surface area contributed by atoms with Crippen molar-refractivity contribution in [2.45, 2.75) is 66.2 Å². The van der Waals surface area contributed by atoms with Gasteiger partial charge in [-0.25, -0.2) is 9.59 Å². The van der Waals surface area contributed by atoms with Crippen molar-refractivity contribution in [1.29, 1.82) is 0 Å². The van der Waals surface area contributed by atoms with E-state index in [4.69, 9.17) is 9.47 Å². The first-order valence-electron chi connectivity index (χ1n) is 9.23. The number of hydrogen-bond acceptors (Lipinski definition) is 6. The zero-order valence-electron chi connectivity index (χ0n) is 16.1. The summed E-state index contributed by atoms with van der Waals surface area (Å²) in [6, 6.07) is 0. The molecule has 0 fully saturated rings. The normalized spacial score (nSPS) is 10.5. The number of rotatable bonds is 11. The van der Waals surface area contributed by atoms with Gasteiger partial charge in [0.25, 0.3) is 0 Å². The summed E-state index contributed by atoms with van der Waals surface area (Å²) >= 11 is 1.06. The Bertz CT molecular complexity index is 624. The number of thiophene rings is 1. The van der Waals surface area contributed by atoms with Gasteiger partial charge >= 0.3 is 11.9 Å². The van der Waals surface area contributed by atoms with E-state index in [9.17, 15) is 14.4 Å². The SMILES string of the molecule is CCCCCCCC(=O)Nc1sc(C(=O)OCC)c(C)c1C(=O)OCC. The molecule has 1 heterocycles. The first kappa shape index (κ1) is 22.2. The molecule has 0 aromatic carbocycles. The average Bonchev–Trinajstić information content (AvgIpc) is 2.91. The van der Waals surface area contributed by atoms with E-state index in [0.29, 0.717) is 21.9 Å². The van der Waals surface area contributed by atoms with Gasteiger partial charge in [-0.2, -0.15) is 0 Å². The molecule has 0 radical (unpaired) electrons. The Balaban J connectivity index is 2.90. The molecule has 0 aliphatic carbocycles. The summed E-state index contributed by atoms with van der Waals surface area (Å²) in [5.41, 5.74) is 0.712. The van der Waals surface area contributed by atoms with Crippen molar-refractivity contribution in [3.05, 3.63) is 16.0 Å². The molecule has 6 nitrogen and oxygen atoms in total. The lowest BCUT2D eigenvalue weighted by Crippen LogP contribution is -2.14. The van der Waals surface area contributed by atoms with E-state index in [-0.39, 0.29) is 24.7 Å². The van der Waals surface area contributed by atoms with Gasteiger partial charge in [-0.3, -0.25) is 4.79 Å². The highest BCUT2D eigenvalue weighted by Crippen LogP contribution is 2.34. The standard InChI is InChI=1S/C19H29NO5S/c1-5-8-9-10-11-12-14(21)20-17-15(18(22)24-6-2)13(4)16(26-17)19(23)25-7-3/h5-12H2,1-4H3,(H,20,21). The van der Waals surface area contributed by atoms with Gasteiger partial charge in [-0.1, -0.05) is 32.6 Å². The average molecular weight is 384 g/mol. The second kappa shape index (κ2) is 11.7. The van der Waals surface area contributed by atoms with Crippen LogP contribution in [0.25, 0.3) is 0 Å². The highest BCUT2D eigenvalue weighted by molar-refractivity contribution is 7.18. The molecule has 0 spiro atoms. The van der Waals surface area contributed by atoms with Crippen LogP contribution in [0, 0.1) is 6.92 Å². The lowest BCUT2D eigenvalue weighted by atomic mass is 10.1. The third-order valence-corrected chi connectivity index (χ3v) is 5.03. The number of unbranched alkanes of at least 4 members (excludes halogenated alkanes) is 4. The maximum absolute atomic E-state index is 12.3. The fraction of sp³-hybridized carbons (Fsp3) is 0.632. The molecule has 1 N–H and O–H groups in total. The summed E-state index contributed by atoms with van der Waals surface area (Å²) < 4.78 is 10.1. The molecular formula is C19H29NO5S. The molecule has 0 unspecified atom stereocenters. The van der Waals surface area contributed by atoms with Crippen LogP contribution in [0.2, 0.25) is 0 Å². The molecule has 0 saturated carbocycles. The summed E-state index contributed by atoms with van der Waals surface area (Å²) in [4.78, 5) is 36.9. The third-order valence-electron chi connectivity index (χ3n) is 3.85. The number of amides is 1. The molecular weight excluding hydrogens is 354 g/mol. The van der Waals surface area contributed by atoms with Crippen molar-refractivity contribution in [2.24, 2.45) is 0 Å². The summed E-state index contributed by atoms with van der Waals surface area (Å²) in [5.74, 6) is -1.21. The van der Waals surface area contributed by atoms with E-state index >= 15 is 0 Å². The lowest BCUT2D eigenvalue weighted by molar-refractivity contribution is -0.116. The number of anilines is 1. The molecule has 1 aromatic rings. The predicted molar refractivity (Wildman–Crippen MR) is 103 cm³/mol. The molecule has 0 saturated heterocycles. The summed E-state index contributed by atoms with van der Waals surface area (Å²) in [6.45, 7) is 7.69. The third kappa shape index (κ3) is 6.44. The van der Waals surface area contributed by atoms with E-state index in [1.807, 2.05) is 0 Å². The van der Waals surface area contributed by atoms with Gasteiger partial charge in [-0.05, 0) is 32.8 Å². The summed E-state index contributed by atoms with van der Waals surface area (Å²) in [6.07, 6.45) is 5.63. The van der Waals surface area contributed by atoms with Gasteiger partial charge in [0.15, 0.2) is 0 Å². The molecule has 1 aromatic heterocycles. The van der Waals surface area contributed by atoms with Gasteiger partial charge in [0.1, 0.15) is 9.88 Å². The van der Waals surface area contributed by atoms with Gasteiger partial charge < -0.3 is 14.8 Å². The minimum atomic E-state index is -0.546. The Hall–Kier alpha value is -1.89. The molecule has 146 valence electrons. The fourth-order valence-corrected chi connectivity index (χ4v) is 3.63. The lowest BCUT2D eigenvalue weighted by Gasteiger charge is -2.07. The summed E-state index contributed by atoms with van der Waals surface area (Å²) in [7, 11) is 0. The number of carbonyl (C=O) groups is 3. The quantitative estimate of drug-likeness (QED) is 0.442. The maximum Gasteiger partial charge on any atom is 0.348 e. The zero-order valence-corrected chi connectivity index (χ0v) is 16.9. The minimum Gasteiger partial charge on any atom is -0.462 e. The number of hydrogen-bond donors (Lipinski definition) is 1. The van der Waals surface area contributed by atoms with Crippen LogP contribution in [0.5, 0.6) is 0 Å². The Labute approximate surface area is 159 Å². The zero-order chi connectivity index (χ0) is 19.5. The summed E-state index contributed by atoms with van der Waals surface area (Å²) in [5, 5.41) is 3.12. The van der Waals surface area contributed by atoms with Crippen molar-refractivity contribution in [3.63, 3.8) is 0 Å². The van der Waals surface area contributed by atoms with Gasteiger partial charge in [0, 0.05) is 6.42 Å². The van der Waals surface area contributed by atoms with Crippen LogP contribution in [0.1, 0.15) is 84.9 Å². The number of carbonyl (C=O) groups excluding carboxylic acids is 3. The fourth-order valence-electron chi connectivity index (χ4n) is 2.52. The van der Waals surface area contributed by atoms with Crippen LogP contribution < -0.4 is 5.32 Å². The number of nitrogens with one attached hydrogen (secondary N) is 1. The maximum atomic E-state index is 12.3. The van der Waals surface area contributed by atoms with Crippen LogP contribution >= 0.6 is 11.3 Å². The van der Waals surface area contributed by atoms with Crippen molar-refractivity contribution >= 4 is 34.2 Å². The van der Waals surface area contributed by atoms with Crippen LogP contribution in [0.15, 0.2) is 0 Å². The topological polar surface area (TPSA) is 81.7 Å². The smallest absolute Gasteiger partial charge is 0.348 e. The van der Waals surface area contributed by atoms with Gasteiger partial charge in [0.05, 0.1) is 18.8 Å². The first-order chi connectivity index (χ1) is 12.5. The van der Waals surface area contributed by atoms with Crippen LogP contribution in [0.4, 0.5) is 5.00 Å². The molecule has 0 bridgehead atoms. The Kier molecular flexibility index (Phi) is 9.95. The van der Waals surface area contributed by atoms with Crippen molar-refractivity contribution in [2.75, 3.05) is 18.5 Å². The number of ether oxygens (including phenoxy) is 2. The second-order valence-corrected chi connectivity index (χ2v) is 6.93. The van der Waals surface area contributed by atoms with Gasteiger partial charge in [-0.15, -0.1) is 11.3 Å². The largest absolute Gasteiger partial charge is 0.462 e. The monoisotopic (exact) mass is 383 g/mol. The van der Waals surface area contributed by atoms with Crippen molar-refractivity contribution < 1.29 is 23.9 Å². The Morgan fingerprint density at radius 1 is 0.923 bits per heavy atom. The van der Waals surface area contributed by atoms with Crippen molar-refractivity contribution in [1.82, 2.24) is 0 Å². The van der Waals surface area contributed by atoms with E-state index in [1.165, 1.54) is 6.42 Å². The van der Waals surface area contributed by atoms with Crippen molar-refractivity contribution in [3.8, 4) is 0 Å². The highest BCUT2D eigenvalue weighted by Gasteiger charge is 2.27. The Morgan fingerprint density at radius 2 is 1.54 bits per heavy atom. The van der Waals surface area contributed by atoms with E-state index < -0.39 is 11.9 Å². The molecule has 0 atom stereocenters. The molecule has 26 heavy (non-hydrogen) atoms. The molecule has 0 aliphatic heterocycles. The van der Waals surface area contributed by atoms with Crippen LogP contribution in [-0.4, -0.2) is 31.1 Å². The number of esters is 2. The molecule has 1 amide bonds. The molecule has 1 rings (SSSR count). The predicted octanol–water partition coefficient (Wildman–Crippen LogP) is 4.71. The van der Waals surface area contributed by atoms with Crippen LogP contribution in [-0.2, 0) is 14.3 Å². The Morgan fingerprint density at radius 3 is 2.15 bits per heavy atom. The van der Waals surface area contributed by atoms with Gasteiger partial charge in [0.2, 0.25) is 5.91 Å². The van der Waals surface area contributed by atoms with Crippen LogP contribution in [0.3, 0.4) is 0 Å².